The summed E-state index contributed by atoms with van der Waals surface area (Å²) in [6.45, 7) is 19.0. The standard InChI is InChI=1S/C48H59BrFN3O7Si/c1-27(2)24-51-47(6,7)36-37(49)41(57-25-28-18-14-12-15-19-28)34-31(38(36)50)22-30-23-32-39(53(8)9)42-35(45(52-59-42)58-26-29-20-16-13-17-21-29)44(56)48(32,43(55)33(30)40(34)54)60-61(10,11)46(3,4)5/h12-21,27,30,32-33,39,51H,22-26H2,1-11H3/t30-,32-,33?,39-,48-/m0/s1. The molecule has 4 aromatic rings. The second-order valence-electron chi connectivity index (χ2n) is 19.7. The summed E-state index contributed by atoms with van der Waals surface area (Å²) in [4.78, 5) is 49.0. The number of halogens is 2. The lowest BCUT2D eigenvalue weighted by molar-refractivity contribution is -0.151. The van der Waals surface area contributed by atoms with Crippen LogP contribution in [0.25, 0.3) is 0 Å². The maximum Gasteiger partial charge on any atom is 0.265 e. The van der Waals surface area contributed by atoms with Gasteiger partial charge in [-0.2, -0.15) is 0 Å². The Morgan fingerprint density at radius 1 is 0.951 bits per heavy atom. The smallest absolute Gasteiger partial charge is 0.265 e. The van der Waals surface area contributed by atoms with Crippen molar-refractivity contribution in [1.29, 1.82) is 0 Å². The van der Waals surface area contributed by atoms with Crippen LogP contribution in [-0.2, 0) is 34.4 Å². The van der Waals surface area contributed by atoms with Crippen molar-refractivity contribution in [3.8, 4) is 11.6 Å². The molecule has 1 fully saturated rings. The third-order valence-corrected chi connectivity index (χ3v) is 18.5. The Labute approximate surface area is 368 Å². The molecule has 3 aromatic carbocycles. The zero-order valence-electron chi connectivity index (χ0n) is 37.2. The number of hydrogen-bond acceptors (Lipinski definition) is 10. The lowest BCUT2D eigenvalue weighted by atomic mass is 9.54. The second kappa shape index (κ2) is 16.6. The van der Waals surface area contributed by atoms with Crippen LogP contribution in [0.4, 0.5) is 4.39 Å². The number of nitrogens with zero attached hydrogens (tertiary/aromatic N) is 2. The first-order chi connectivity index (χ1) is 28.6. The number of hydrogen-bond donors (Lipinski definition) is 1. The average molecular weight is 917 g/mol. The summed E-state index contributed by atoms with van der Waals surface area (Å²) in [5.41, 5.74) is -0.667. The Morgan fingerprint density at radius 2 is 1.54 bits per heavy atom. The van der Waals surface area contributed by atoms with Gasteiger partial charge < -0.3 is 23.7 Å². The largest absolute Gasteiger partial charge is 0.487 e. The highest BCUT2D eigenvalue weighted by molar-refractivity contribution is 9.10. The number of Topliss-reactive ketones (excluding diaryl/α,β-unsaturated/α-hetero) is 3. The van der Waals surface area contributed by atoms with Crippen molar-refractivity contribution in [2.75, 3.05) is 20.6 Å². The predicted molar refractivity (Wildman–Crippen MR) is 238 cm³/mol. The van der Waals surface area contributed by atoms with Crippen molar-refractivity contribution in [1.82, 2.24) is 15.4 Å². The summed E-state index contributed by atoms with van der Waals surface area (Å²) >= 11 is 3.72. The van der Waals surface area contributed by atoms with E-state index in [-0.39, 0.29) is 66.1 Å². The molecule has 1 aromatic heterocycles. The normalized spacial score (nSPS) is 22.8. The minimum atomic E-state index is -2.98. The Morgan fingerprint density at radius 3 is 2.10 bits per heavy atom. The molecule has 1 unspecified atom stereocenters. The molecule has 0 radical (unpaired) electrons. The van der Waals surface area contributed by atoms with Gasteiger partial charge in [-0.25, -0.2) is 4.39 Å². The molecule has 0 bridgehead atoms. The quantitative estimate of drug-likeness (QED) is 0.103. The summed E-state index contributed by atoms with van der Waals surface area (Å²) < 4.78 is 43.9. The van der Waals surface area contributed by atoms with Crippen LogP contribution in [0.1, 0.15) is 110 Å². The van der Waals surface area contributed by atoms with E-state index in [0.29, 0.717) is 16.6 Å². The van der Waals surface area contributed by atoms with Crippen molar-refractivity contribution in [2.45, 2.75) is 110 Å². The highest BCUT2D eigenvalue weighted by atomic mass is 79.9. The fourth-order valence-corrected chi connectivity index (χ4v) is 11.6. The molecular weight excluding hydrogens is 858 g/mol. The van der Waals surface area contributed by atoms with Crippen LogP contribution in [0.3, 0.4) is 0 Å². The van der Waals surface area contributed by atoms with Gasteiger partial charge in [0.2, 0.25) is 5.78 Å². The third kappa shape index (κ3) is 7.87. The Balaban J connectivity index is 1.41. The fourth-order valence-electron chi connectivity index (χ4n) is 9.18. The third-order valence-electron chi connectivity index (χ3n) is 13.3. The number of benzene rings is 3. The molecule has 1 saturated carbocycles. The number of rotatable bonds is 13. The van der Waals surface area contributed by atoms with Crippen molar-refractivity contribution < 1.29 is 37.2 Å². The highest BCUT2D eigenvalue weighted by Crippen LogP contribution is 2.59. The monoisotopic (exact) mass is 915 g/mol. The SMILES string of the molecule is CC(C)CNC(C)(C)c1c(F)c2c(c(OCc3ccccc3)c1Br)C(=O)C1C(=O)[C@]3(O[Si](C)(C)C(C)(C)C)C(=O)c4c(OCc5ccccc5)noc4[C@@H](N(C)C)[C@@H]3C[C@@H]1C2. The molecule has 7 rings (SSSR count). The van der Waals surface area contributed by atoms with E-state index in [1.807, 2.05) is 127 Å². The minimum absolute atomic E-state index is 0.0178. The highest BCUT2D eigenvalue weighted by Gasteiger charge is 2.70. The van der Waals surface area contributed by atoms with E-state index in [9.17, 15) is 0 Å². The molecule has 0 saturated heterocycles. The van der Waals surface area contributed by atoms with Crippen LogP contribution < -0.4 is 14.8 Å². The van der Waals surface area contributed by atoms with E-state index in [1.165, 1.54) is 0 Å². The molecule has 0 aliphatic heterocycles. The number of carbonyl (C=O) groups excluding carboxylic acids is 3. The van der Waals surface area contributed by atoms with E-state index in [4.69, 9.17) is 18.4 Å². The van der Waals surface area contributed by atoms with Crippen LogP contribution >= 0.6 is 15.9 Å². The summed E-state index contributed by atoms with van der Waals surface area (Å²) in [6, 6.07) is 18.3. The van der Waals surface area contributed by atoms with E-state index in [2.05, 4.69) is 40.3 Å². The van der Waals surface area contributed by atoms with Gasteiger partial charge in [-0.3, -0.25) is 19.3 Å². The molecule has 13 heteroatoms. The maximum absolute atomic E-state index is 17.6. The number of fused-ring (bicyclic) bond motifs is 4. The average Bonchev–Trinajstić information content (AvgIpc) is 3.61. The van der Waals surface area contributed by atoms with Crippen LogP contribution in [0.5, 0.6) is 11.6 Å². The van der Waals surface area contributed by atoms with Gasteiger partial charge in [-0.05, 0) is 110 Å². The van der Waals surface area contributed by atoms with E-state index in [0.717, 1.165) is 11.1 Å². The maximum atomic E-state index is 17.6. The summed E-state index contributed by atoms with van der Waals surface area (Å²) in [5, 5.41) is 7.38. The summed E-state index contributed by atoms with van der Waals surface area (Å²) in [6.07, 6.45) is 0.270. The number of ether oxygens (including phenoxy) is 2. The molecule has 3 aliphatic carbocycles. The van der Waals surface area contributed by atoms with Crippen LogP contribution in [0.2, 0.25) is 18.1 Å². The lowest BCUT2D eigenvalue weighted by Gasteiger charge is -2.56. The first kappa shape index (κ1) is 45.0. The van der Waals surface area contributed by atoms with Crippen molar-refractivity contribution >= 4 is 41.6 Å². The molecule has 10 nitrogen and oxygen atoms in total. The molecule has 3 aliphatic rings. The Bertz CT molecular complexity index is 2320. The van der Waals surface area contributed by atoms with Crippen molar-refractivity contribution in [3.63, 3.8) is 0 Å². The zero-order valence-corrected chi connectivity index (χ0v) is 39.8. The van der Waals surface area contributed by atoms with Crippen LogP contribution in [0, 0.1) is 29.5 Å². The molecule has 326 valence electrons. The van der Waals surface area contributed by atoms with Gasteiger partial charge in [0.15, 0.2) is 31.2 Å². The molecule has 1 N–H and O–H groups in total. The van der Waals surface area contributed by atoms with Gasteiger partial charge in [0.1, 0.15) is 30.3 Å². The van der Waals surface area contributed by atoms with Crippen molar-refractivity contribution in [2.24, 2.45) is 23.7 Å². The molecule has 0 amide bonds. The zero-order chi connectivity index (χ0) is 44.4. The summed E-state index contributed by atoms with van der Waals surface area (Å²) in [5.74, 6) is -4.43. The first-order valence-corrected chi connectivity index (χ1v) is 24.9. The van der Waals surface area contributed by atoms with E-state index < -0.39 is 71.5 Å². The topological polar surface area (TPSA) is 120 Å². The number of ketones is 3. The second-order valence-corrected chi connectivity index (χ2v) is 25.2. The van der Waals surface area contributed by atoms with Gasteiger partial charge in [0, 0.05) is 22.6 Å². The molecule has 0 spiro atoms. The Hall–Kier alpha value is -4.01. The fraction of sp³-hybridized carbons (Fsp3) is 0.500. The lowest BCUT2D eigenvalue weighted by Crippen LogP contribution is -2.70. The van der Waals surface area contributed by atoms with Crippen LogP contribution in [0.15, 0.2) is 69.7 Å². The number of aromatic nitrogens is 1. The molecule has 1 heterocycles. The van der Waals surface area contributed by atoms with Crippen molar-refractivity contribution in [3.05, 3.63) is 110 Å². The van der Waals surface area contributed by atoms with Gasteiger partial charge >= 0.3 is 0 Å². The Kier molecular flexibility index (Phi) is 12.3. The van der Waals surface area contributed by atoms with Gasteiger partial charge in [0.05, 0.1) is 22.0 Å². The molecular formula is C48H59BrFN3O7Si. The summed E-state index contributed by atoms with van der Waals surface area (Å²) in [7, 11) is 0.735. The van der Waals surface area contributed by atoms with Crippen LogP contribution in [-0.4, -0.2) is 62.0 Å². The molecule has 5 atom stereocenters. The van der Waals surface area contributed by atoms with Gasteiger partial charge in [0.25, 0.3) is 5.88 Å². The first-order valence-electron chi connectivity index (χ1n) is 21.2. The minimum Gasteiger partial charge on any atom is -0.487 e. The molecule has 61 heavy (non-hydrogen) atoms. The number of carbonyl (C=O) groups is 3. The van der Waals surface area contributed by atoms with Gasteiger partial charge in [-0.1, -0.05) is 95.3 Å². The van der Waals surface area contributed by atoms with E-state index >= 15 is 18.8 Å². The van der Waals surface area contributed by atoms with Gasteiger partial charge in [-0.15, -0.1) is 0 Å². The predicted octanol–water partition coefficient (Wildman–Crippen LogP) is 10.0. The van der Waals surface area contributed by atoms with E-state index in [1.54, 1.807) is 0 Å². The number of nitrogens with one attached hydrogen (secondary N) is 1.